The quantitative estimate of drug-likeness (QED) is 0.122. The van der Waals surface area contributed by atoms with E-state index in [0.29, 0.717) is 23.2 Å². The van der Waals surface area contributed by atoms with Crippen LogP contribution in [0.4, 0.5) is 21.5 Å². The Kier molecular flexibility index (Phi) is 9.85. The number of para-hydroxylation sites is 2. The van der Waals surface area contributed by atoms with Crippen molar-refractivity contribution in [1.82, 2.24) is 5.32 Å². The Morgan fingerprint density at radius 2 is 1.45 bits per heavy atom. The topological polar surface area (TPSA) is 78.5 Å². The fourth-order valence-corrected chi connectivity index (χ4v) is 7.18. The van der Waals surface area contributed by atoms with Crippen molar-refractivity contribution in [1.29, 1.82) is 0 Å². The predicted molar refractivity (Wildman–Crippen MR) is 187 cm³/mol. The van der Waals surface area contributed by atoms with Crippen LogP contribution in [0.15, 0.2) is 148 Å². The van der Waals surface area contributed by atoms with Crippen molar-refractivity contribution in [3.05, 3.63) is 150 Å². The van der Waals surface area contributed by atoms with E-state index in [4.69, 9.17) is 0 Å². The number of fused-ring (bicyclic) bond motifs is 2. The summed E-state index contributed by atoms with van der Waals surface area (Å²) in [7, 11) is 0. The molecule has 3 amide bonds. The maximum absolute atomic E-state index is 14.2. The Morgan fingerprint density at radius 1 is 0.809 bits per heavy atom. The number of carbonyl (C=O) groups excluding carboxylic acids is 3. The van der Waals surface area contributed by atoms with Crippen LogP contribution in [-0.4, -0.2) is 23.0 Å². The summed E-state index contributed by atoms with van der Waals surface area (Å²) in [6.07, 6.45) is 2.08. The van der Waals surface area contributed by atoms with Crippen LogP contribution < -0.4 is 15.5 Å². The summed E-state index contributed by atoms with van der Waals surface area (Å²) in [5, 5.41) is 5.17. The summed E-state index contributed by atoms with van der Waals surface area (Å²) in [6.45, 7) is 1.99. The van der Waals surface area contributed by atoms with E-state index in [2.05, 4.69) is 10.6 Å². The third-order valence-corrected chi connectivity index (χ3v) is 9.85. The van der Waals surface area contributed by atoms with Crippen molar-refractivity contribution in [2.45, 2.75) is 33.3 Å². The van der Waals surface area contributed by atoms with Gasteiger partial charge in [-0.1, -0.05) is 79.3 Å². The third kappa shape index (κ3) is 7.48. The molecule has 0 bridgehead atoms. The SMILES string of the molecule is CCC(Sc1cccc(NC(=O)/C(=C/c2ccc(F)cc2)NC(=O)c2ccccc2)c1)C(=O)N1c2ccccc2Sc2ccccc21. The molecule has 6 nitrogen and oxygen atoms in total. The van der Waals surface area contributed by atoms with Gasteiger partial charge in [-0.3, -0.25) is 19.3 Å². The molecule has 0 fully saturated rings. The lowest BCUT2D eigenvalue weighted by atomic mass is 10.1. The zero-order chi connectivity index (χ0) is 32.8. The van der Waals surface area contributed by atoms with Crippen LogP contribution in [0.1, 0.15) is 29.3 Å². The van der Waals surface area contributed by atoms with Crippen LogP contribution in [0.2, 0.25) is 0 Å². The molecule has 234 valence electrons. The third-order valence-electron chi connectivity index (χ3n) is 7.38. The molecule has 1 atom stereocenters. The average molecular weight is 660 g/mol. The maximum Gasteiger partial charge on any atom is 0.272 e. The van der Waals surface area contributed by atoms with Crippen LogP contribution in [0.25, 0.3) is 6.08 Å². The van der Waals surface area contributed by atoms with E-state index in [-0.39, 0.29) is 11.6 Å². The molecule has 0 saturated carbocycles. The number of anilines is 3. The van der Waals surface area contributed by atoms with Gasteiger partial charge in [0.05, 0.1) is 16.6 Å². The first-order valence-electron chi connectivity index (χ1n) is 15.0. The Bertz CT molecular complexity index is 1920. The van der Waals surface area contributed by atoms with E-state index in [1.54, 1.807) is 54.2 Å². The van der Waals surface area contributed by atoms with Crippen LogP contribution in [0.3, 0.4) is 0 Å². The van der Waals surface area contributed by atoms with Crippen molar-refractivity contribution in [3.63, 3.8) is 0 Å². The zero-order valence-corrected chi connectivity index (χ0v) is 27.0. The Labute approximate surface area is 281 Å². The highest BCUT2D eigenvalue weighted by molar-refractivity contribution is 8.00. The van der Waals surface area contributed by atoms with Gasteiger partial charge in [-0.2, -0.15) is 0 Å². The molecule has 9 heteroatoms. The van der Waals surface area contributed by atoms with Crippen LogP contribution in [0.5, 0.6) is 0 Å². The van der Waals surface area contributed by atoms with Gasteiger partial charge in [-0.15, -0.1) is 11.8 Å². The fourth-order valence-electron chi connectivity index (χ4n) is 5.07. The van der Waals surface area contributed by atoms with Crippen LogP contribution in [0, 0.1) is 5.82 Å². The highest BCUT2D eigenvalue weighted by Crippen LogP contribution is 2.48. The van der Waals surface area contributed by atoms with Gasteiger partial charge in [0.15, 0.2) is 0 Å². The number of halogens is 1. The molecule has 6 rings (SSSR count). The highest BCUT2D eigenvalue weighted by Gasteiger charge is 2.32. The minimum Gasteiger partial charge on any atom is -0.321 e. The molecular formula is C38H30FN3O3S2. The molecule has 1 unspecified atom stereocenters. The first-order valence-corrected chi connectivity index (χ1v) is 16.7. The summed E-state index contributed by atoms with van der Waals surface area (Å²) >= 11 is 3.08. The second-order valence-corrected chi connectivity index (χ2v) is 13.0. The van der Waals surface area contributed by atoms with Gasteiger partial charge in [0.2, 0.25) is 5.91 Å². The lowest BCUT2D eigenvalue weighted by molar-refractivity contribution is -0.117. The van der Waals surface area contributed by atoms with Gasteiger partial charge in [-0.25, -0.2) is 4.39 Å². The number of rotatable bonds is 9. The van der Waals surface area contributed by atoms with Gasteiger partial charge in [0.25, 0.3) is 11.8 Å². The summed E-state index contributed by atoms with van der Waals surface area (Å²) < 4.78 is 13.5. The lowest BCUT2D eigenvalue weighted by Gasteiger charge is -2.33. The molecule has 0 spiro atoms. The molecule has 0 aromatic heterocycles. The Morgan fingerprint density at radius 3 is 2.11 bits per heavy atom. The largest absolute Gasteiger partial charge is 0.321 e. The van der Waals surface area contributed by atoms with E-state index in [9.17, 15) is 18.8 Å². The van der Waals surface area contributed by atoms with Crippen molar-refractivity contribution < 1.29 is 18.8 Å². The van der Waals surface area contributed by atoms with Gasteiger partial charge < -0.3 is 10.6 Å². The predicted octanol–water partition coefficient (Wildman–Crippen LogP) is 8.94. The standard InChI is InChI=1S/C38H30FN3O3S2/c1-2-33(38(45)42-31-15-6-8-17-34(31)47-35-18-9-7-16-32(35)42)46-29-14-10-13-28(24-29)40-37(44)30(23-25-19-21-27(39)22-20-25)41-36(43)26-11-4-3-5-12-26/h3-24,33H,2H2,1H3,(H,40,44)(H,41,43)/b30-23-. The van der Waals surface area contributed by atoms with E-state index in [0.717, 1.165) is 26.1 Å². The van der Waals surface area contributed by atoms with Gasteiger partial charge in [0, 0.05) is 25.9 Å². The first-order chi connectivity index (χ1) is 22.9. The number of carbonyl (C=O) groups is 3. The average Bonchev–Trinajstić information content (AvgIpc) is 3.10. The Hall–Kier alpha value is -5.12. The minimum absolute atomic E-state index is 0.00886. The maximum atomic E-state index is 14.2. The molecule has 47 heavy (non-hydrogen) atoms. The molecule has 5 aromatic carbocycles. The van der Waals surface area contributed by atoms with Crippen LogP contribution >= 0.6 is 23.5 Å². The second-order valence-electron chi connectivity index (χ2n) is 10.6. The normalized spacial score (nSPS) is 12.8. The zero-order valence-electron chi connectivity index (χ0n) is 25.4. The summed E-state index contributed by atoms with van der Waals surface area (Å²) in [5.74, 6) is -1.45. The molecule has 1 aliphatic rings. The van der Waals surface area contributed by atoms with Gasteiger partial charge in [-0.05, 0) is 84.8 Å². The van der Waals surface area contributed by atoms with Gasteiger partial charge >= 0.3 is 0 Å². The fraction of sp³-hybridized carbons (Fsp3) is 0.0789. The molecule has 0 radical (unpaired) electrons. The molecule has 2 N–H and O–H groups in total. The van der Waals surface area contributed by atoms with Crippen LogP contribution in [-0.2, 0) is 9.59 Å². The van der Waals surface area contributed by atoms with Crippen molar-refractivity contribution >= 4 is 64.4 Å². The monoisotopic (exact) mass is 659 g/mol. The van der Waals surface area contributed by atoms with Crippen molar-refractivity contribution in [2.24, 2.45) is 0 Å². The van der Waals surface area contributed by atoms with Crippen molar-refractivity contribution in [3.8, 4) is 0 Å². The number of hydrogen-bond acceptors (Lipinski definition) is 5. The highest BCUT2D eigenvalue weighted by atomic mass is 32.2. The summed E-state index contributed by atoms with van der Waals surface area (Å²) in [6, 6.07) is 37.2. The van der Waals surface area contributed by atoms with Crippen molar-refractivity contribution in [2.75, 3.05) is 10.2 Å². The number of nitrogens with zero attached hydrogens (tertiary/aromatic N) is 1. The second kappa shape index (κ2) is 14.5. The molecule has 1 heterocycles. The number of amides is 3. The number of nitrogens with one attached hydrogen (secondary N) is 2. The smallest absolute Gasteiger partial charge is 0.272 e. The Balaban J connectivity index is 1.22. The molecule has 1 aliphatic heterocycles. The number of benzene rings is 5. The first kappa shape index (κ1) is 31.8. The molecule has 5 aromatic rings. The summed E-state index contributed by atoms with van der Waals surface area (Å²) in [5.41, 5.74) is 3.13. The molecular weight excluding hydrogens is 630 g/mol. The van der Waals surface area contributed by atoms with E-state index in [1.807, 2.05) is 72.5 Å². The summed E-state index contributed by atoms with van der Waals surface area (Å²) in [4.78, 5) is 45.4. The van der Waals surface area contributed by atoms with E-state index in [1.165, 1.54) is 42.1 Å². The minimum atomic E-state index is -0.553. The van der Waals surface area contributed by atoms with E-state index >= 15 is 0 Å². The van der Waals surface area contributed by atoms with Gasteiger partial charge in [0.1, 0.15) is 11.5 Å². The lowest BCUT2D eigenvalue weighted by Crippen LogP contribution is -2.35. The number of thioether (sulfide) groups is 1. The molecule has 0 saturated heterocycles. The van der Waals surface area contributed by atoms with E-state index < -0.39 is 22.9 Å². The number of hydrogen-bond donors (Lipinski definition) is 2. The molecule has 0 aliphatic carbocycles.